The summed E-state index contributed by atoms with van der Waals surface area (Å²) in [5.74, 6) is 1.47. The summed E-state index contributed by atoms with van der Waals surface area (Å²) in [4.78, 5) is 18.0. The van der Waals surface area contributed by atoms with Gasteiger partial charge in [0.2, 0.25) is 0 Å². The highest BCUT2D eigenvalue weighted by Crippen LogP contribution is 2.25. The number of imidazole rings is 1. The summed E-state index contributed by atoms with van der Waals surface area (Å²) in [6.45, 7) is 3.94. The lowest BCUT2D eigenvalue weighted by Gasteiger charge is -2.09. The standard InChI is InChI=1S/C16H15N3O3/c1-10(2)22-13-6-3-11(4-7-13)16-17-14-8-5-12(19(20)21)9-15(14)18-16/h3-10H,1-2H3,(H,17,18). The second kappa shape index (κ2) is 5.48. The Labute approximate surface area is 126 Å². The minimum Gasteiger partial charge on any atom is -0.491 e. The molecule has 3 rings (SSSR count). The van der Waals surface area contributed by atoms with E-state index in [0.29, 0.717) is 16.9 Å². The number of nitrogens with one attached hydrogen (secondary N) is 1. The number of aromatic amines is 1. The topological polar surface area (TPSA) is 81.1 Å². The van der Waals surface area contributed by atoms with Gasteiger partial charge in [0.15, 0.2) is 0 Å². The molecule has 1 N–H and O–H groups in total. The van der Waals surface area contributed by atoms with E-state index in [2.05, 4.69) is 9.97 Å². The van der Waals surface area contributed by atoms with Crippen molar-refractivity contribution in [2.45, 2.75) is 20.0 Å². The maximum atomic E-state index is 10.8. The molecule has 0 unspecified atom stereocenters. The molecule has 3 aromatic rings. The Balaban J connectivity index is 1.94. The highest BCUT2D eigenvalue weighted by atomic mass is 16.6. The van der Waals surface area contributed by atoms with Crippen molar-refractivity contribution in [3.63, 3.8) is 0 Å². The van der Waals surface area contributed by atoms with Crippen molar-refractivity contribution in [2.75, 3.05) is 0 Å². The van der Waals surface area contributed by atoms with Crippen LogP contribution in [0.5, 0.6) is 5.75 Å². The number of ether oxygens (including phenoxy) is 1. The normalized spacial score (nSPS) is 11.0. The fraction of sp³-hybridized carbons (Fsp3) is 0.188. The molecule has 0 saturated heterocycles. The van der Waals surface area contributed by atoms with Crippen molar-refractivity contribution < 1.29 is 9.66 Å². The van der Waals surface area contributed by atoms with Crippen LogP contribution in [0.1, 0.15) is 13.8 Å². The third-order valence-corrected chi connectivity index (χ3v) is 3.18. The van der Waals surface area contributed by atoms with Crippen molar-refractivity contribution in [1.82, 2.24) is 9.97 Å². The minimum absolute atomic E-state index is 0.0448. The average Bonchev–Trinajstić information content (AvgIpc) is 2.90. The number of benzene rings is 2. The Hall–Kier alpha value is -2.89. The summed E-state index contributed by atoms with van der Waals surface area (Å²) < 4.78 is 5.60. The Morgan fingerprint density at radius 2 is 1.91 bits per heavy atom. The van der Waals surface area contributed by atoms with Crippen LogP contribution < -0.4 is 4.74 Å². The molecule has 1 aromatic heterocycles. The number of aromatic nitrogens is 2. The SMILES string of the molecule is CC(C)Oc1ccc(-c2nc3ccc([N+](=O)[O-])cc3[nH]2)cc1. The zero-order valence-electron chi connectivity index (χ0n) is 12.2. The van der Waals surface area contributed by atoms with Crippen molar-refractivity contribution in [3.8, 4) is 17.1 Å². The second-order valence-electron chi connectivity index (χ2n) is 5.23. The second-order valence-corrected chi connectivity index (χ2v) is 5.23. The predicted octanol–water partition coefficient (Wildman–Crippen LogP) is 3.93. The van der Waals surface area contributed by atoms with Crippen LogP contribution in [0.15, 0.2) is 42.5 Å². The molecular weight excluding hydrogens is 282 g/mol. The molecule has 0 spiro atoms. The average molecular weight is 297 g/mol. The molecule has 0 atom stereocenters. The molecule has 0 saturated carbocycles. The molecule has 112 valence electrons. The molecule has 0 bridgehead atoms. The molecule has 22 heavy (non-hydrogen) atoms. The number of hydrogen-bond donors (Lipinski definition) is 1. The third kappa shape index (κ3) is 2.76. The quantitative estimate of drug-likeness (QED) is 0.584. The monoisotopic (exact) mass is 297 g/mol. The van der Waals surface area contributed by atoms with E-state index in [-0.39, 0.29) is 11.8 Å². The molecule has 2 aromatic carbocycles. The van der Waals surface area contributed by atoms with Gasteiger partial charge in [0.05, 0.1) is 22.1 Å². The third-order valence-electron chi connectivity index (χ3n) is 3.18. The Morgan fingerprint density at radius 1 is 1.18 bits per heavy atom. The van der Waals surface area contributed by atoms with Gasteiger partial charge >= 0.3 is 0 Å². The minimum atomic E-state index is -0.419. The predicted molar refractivity (Wildman–Crippen MR) is 83.9 cm³/mol. The first-order valence-electron chi connectivity index (χ1n) is 6.94. The van der Waals surface area contributed by atoms with Gasteiger partial charge in [-0.2, -0.15) is 0 Å². The number of nitro groups is 1. The number of H-pyrrole nitrogens is 1. The molecule has 6 nitrogen and oxygen atoms in total. The van der Waals surface area contributed by atoms with Crippen molar-refractivity contribution in [3.05, 3.63) is 52.6 Å². The summed E-state index contributed by atoms with van der Waals surface area (Å²) in [7, 11) is 0. The molecule has 0 aliphatic rings. The fourth-order valence-electron chi connectivity index (χ4n) is 2.21. The zero-order valence-corrected chi connectivity index (χ0v) is 12.2. The van der Waals surface area contributed by atoms with E-state index in [0.717, 1.165) is 11.3 Å². The highest BCUT2D eigenvalue weighted by molar-refractivity contribution is 5.81. The summed E-state index contributed by atoms with van der Waals surface area (Å²) in [5, 5.41) is 10.8. The number of nitro benzene ring substituents is 1. The Bertz CT molecular complexity index is 822. The maximum Gasteiger partial charge on any atom is 0.271 e. The molecule has 0 radical (unpaired) electrons. The molecule has 0 aliphatic heterocycles. The molecule has 6 heteroatoms. The molecule has 0 fully saturated rings. The van der Waals surface area contributed by atoms with Crippen LogP contribution in [0.25, 0.3) is 22.4 Å². The number of non-ortho nitro benzene ring substituents is 1. The van der Waals surface area contributed by atoms with E-state index >= 15 is 0 Å². The number of hydrogen-bond acceptors (Lipinski definition) is 4. The van der Waals surface area contributed by atoms with Gasteiger partial charge in [0, 0.05) is 17.7 Å². The lowest BCUT2D eigenvalue weighted by atomic mass is 10.2. The van der Waals surface area contributed by atoms with E-state index in [1.807, 2.05) is 38.1 Å². The number of rotatable bonds is 4. The van der Waals surface area contributed by atoms with Crippen LogP contribution in [-0.4, -0.2) is 21.0 Å². The van der Waals surface area contributed by atoms with Gasteiger partial charge in [-0.3, -0.25) is 10.1 Å². The smallest absolute Gasteiger partial charge is 0.271 e. The van der Waals surface area contributed by atoms with Gasteiger partial charge in [-0.05, 0) is 44.2 Å². The van der Waals surface area contributed by atoms with Crippen molar-refractivity contribution in [2.24, 2.45) is 0 Å². The van der Waals surface area contributed by atoms with Crippen LogP contribution in [0, 0.1) is 10.1 Å². The van der Waals surface area contributed by atoms with Gasteiger partial charge < -0.3 is 9.72 Å². The van der Waals surface area contributed by atoms with Crippen LogP contribution in [0.3, 0.4) is 0 Å². The first kappa shape index (κ1) is 14.1. The lowest BCUT2D eigenvalue weighted by molar-refractivity contribution is -0.384. The largest absolute Gasteiger partial charge is 0.491 e. The maximum absolute atomic E-state index is 10.8. The van der Waals surface area contributed by atoms with E-state index < -0.39 is 4.92 Å². The Morgan fingerprint density at radius 3 is 2.55 bits per heavy atom. The lowest BCUT2D eigenvalue weighted by Crippen LogP contribution is -2.05. The van der Waals surface area contributed by atoms with Crippen LogP contribution in [0.4, 0.5) is 5.69 Å². The summed E-state index contributed by atoms with van der Waals surface area (Å²) in [6, 6.07) is 12.2. The van der Waals surface area contributed by atoms with Gasteiger partial charge in [-0.25, -0.2) is 4.98 Å². The van der Waals surface area contributed by atoms with E-state index in [1.54, 1.807) is 6.07 Å². The number of nitrogens with zero attached hydrogens (tertiary/aromatic N) is 2. The molecule has 1 heterocycles. The van der Waals surface area contributed by atoms with Gasteiger partial charge in [-0.1, -0.05) is 0 Å². The van der Waals surface area contributed by atoms with Crippen LogP contribution >= 0.6 is 0 Å². The highest BCUT2D eigenvalue weighted by Gasteiger charge is 2.10. The van der Waals surface area contributed by atoms with Gasteiger partial charge in [0.1, 0.15) is 11.6 Å². The van der Waals surface area contributed by atoms with Crippen molar-refractivity contribution in [1.29, 1.82) is 0 Å². The van der Waals surface area contributed by atoms with E-state index in [4.69, 9.17) is 4.74 Å². The molecular formula is C16H15N3O3. The van der Waals surface area contributed by atoms with Crippen LogP contribution in [0.2, 0.25) is 0 Å². The fourth-order valence-corrected chi connectivity index (χ4v) is 2.21. The van der Waals surface area contributed by atoms with E-state index in [1.165, 1.54) is 12.1 Å². The van der Waals surface area contributed by atoms with Gasteiger partial charge in [-0.15, -0.1) is 0 Å². The summed E-state index contributed by atoms with van der Waals surface area (Å²) in [5.41, 5.74) is 2.29. The van der Waals surface area contributed by atoms with Crippen molar-refractivity contribution >= 4 is 16.7 Å². The first-order chi connectivity index (χ1) is 10.5. The Kier molecular flexibility index (Phi) is 3.50. The van der Waals surface area contributed by atoms with E-state index in [9.17, 15) is 10.1 Å². The first-order valence-corrected chi connectivity index (χ1v) is 6.94. The van der Waals surface area contributed by atoms with Crippen LogP contribution in [-0.2, 0) is 0 Å². The molecule has 0 aliphatic carbocycles. The summed E-state index contributed by atoms with van der Waals surface area (Å²) in [6.07, 6.45) is 0.123. The van der Waals surface area contributed by atoms with Gasteiger partial charge in [0.25, 0.3) is 5.69 Å². The summed E-state index contributed by atoms with van der Waals surface area (Å²) >= 11 is 0. The number of fused-ring (bicyclic) bond motifs is 1. The molecule has 0 amide bonds. The zero-order chi connectivity index (χ0) is 15.7.